The van der Waals surface area contributed by atoms with Gasteiger partial charge in [-0.25, -0.2) is 0 Å². The molecule has 0 radical (unpaired) electrons. The fourth-order valence-corrected chi connectivity index (χ4v) is 3.34. The highest BCUT2D eigenvalue weighted by Gasteiger charge is 2.39. The summed E-state index contributed by atoms with van der Waals surface area (Å²) in [5.74, 6) is 0. The highest BCUT2D eigenvalue weighted by Crippen LogP contribution is 2.38. The maximum absolute atomic E-state index is 5.59. The van der Waals surface area contributed by atoms with Gasteiger partial charge in [-0.3, -0.25) is 4.98 Å². The molecule has 2 aromatic heterocycles. The van der Waals surface area contributed by atoms with Crippen LogP contribution in [0, 0.1) is 6.92 Å². The normalized spacial score (nSPS) is 21.2. The highest BCUT2D eigenvalue weighted by atomic mass is 32.1. The monoisotopic (exact) mass is 314 g/mol. The van der Waals surface area contributed by atoms with Gasteiger partial charge >= 0.3 is 0 Å². The lowest BCUT2D eigenvalue weighted by Crippen LogP contribution is -2.30. The van der Waals surface area contributed by atoms with Crippen LogP contribution in [0.1, 0.15) is 48.9 Å². The van der Waals surface area contributed by atoms with Gasteiger partial charge in [0.25, 0.3) is 0 Å². The Hall–Kier alpha value is -1.88. The van der Waals surface area contributed by atoms with E-state index < -0.39 is 0 Å². The molecule has 22 heavy (non-hydrogen) atoms. The van der Waals surface area contributed by atoms with Crippen LogP contribution in [-0.2, 0) is 0 Å². The molecule has 0 aliphatic carbocycles. The van der Waals surface area contributed by atoms with E-state index in [2.05, 4.69) is 52.2 Å². The summed E-state index contributed by atoms with van der Waals surface area (Å²) in [6, 6.07) is 10.6. The Labute approximate surface area is 136 Å². The number of aromatic nitrogens is 2. The second-order valence-electron chi connectivity index (χ2n) is 5.77. The largest absolute Gasteiger partial charge is 0.361 e. The first-order valence-electron chi connectivity index (χ1n) is 7.84. The van der Waals surface area contributed by atoms with Crippen LogP contribution in [0.25, 0.3) is 0 Å². The zero-order valence-corrected chi connectivity index (χ0v) is 13.9. The fourth-order valence-electron chi connectivity index (χ4n) is 3.01. The molecular weight excluding hydrogens is 292 g/mol. The van der Waals surface area contributed by atoms with Gasteiger partial charge in [-0.2, -0.15) is 0 Å². The molecule has 0 saturated carbocycles. The molecule has 2 aromatic rings. The summed E-state index contributed by atoms with van der Waals surface area (Å²) in [7, 11) is 0. The summed E-state index contributed by atoms with van der Waals surface area (Å²) < 4.78 is 0. The molecule has 5 heteroatoms. The number of hydrogen-bond donors (Lipinski definition) is 2. The molecule has 0 aromatic carbocycles. The molecule has 1 aliphatic heterocycles. The van der Waals surface area contributed by atoms with Crippen molar-refractivity contribution in [3.8, 4) is 0 Å². The number of nitrogens with zero attached hydrogens (tertiary/aromatic N) is 2. The zero-order chi connectivity index (χ0) is 15.5. The van der Waals surface area contributed by atoms with Crippen molar-refractivity contribution in [3.63, 3.8) is 0 Å². The fraction of sp³-hybridized carbons (Fsp3) is 0.412. The third-order valence-corrected chi connectivity index (χ3v) is 4.48. The quantitative estimate of drug-likeness (QED) is 0.829. The molecule has 2 atom stereocenters. The van der Waals surface area contributed by atoms with E-state index in [1.54, 1.807) is 0 Å². The highest BCUT2D eigenvalue weighted by molar-refractivity contribution is 7.80. The molecule has 0 spiro atoms. The molecule has 0 bridgehead atoms. The van der Waals surface area contributed by atoms with Gasteiger partial charge in [0.05, 0.1) is 17.8 Å². The number of aromatic amines is 1. The van der Waals surface area contributed by atoms with Crippen molar-refractivity contribution >= 4 is 17.3 Å². The number of pyridine rings is 1. The smallest absolute Gasteiger partial charge is 0.170 e. The van der Waals surface area contributed by atoms with E-state index in [4.69, 9.17) is 12.2 Å². The van der Waals surface area contributed by atoms with Crippen molar-refractivity contribution in [2.75, 3.05) is 6.54 Å². The summed E-state index contributed by atoms with van der Waals surface area (Å²) >= 11 is 5.59. The first kappa shape index (κ1) is 15.0. The van der Waals surface area contributed by atoms with Crippen LogP contribution in [-0.4, -0.2) is 26.5 Å². The first-order valence-corrected chi connectivity index (χ1v) is 8.25. The third kappa shape index (κ3) is 2.86. The molecule has 3 rings (SSSR count). The molecule has 0 amide bonds. The lowest BCUT2D eigenvalue weighted by Gasteiger charge is -2.26. The Kier molecular flexibility index (Phi) is 4.43. The van der Waals surface area contributed by atoms with Gasteiger partial charge in [0.2, 0.25) is 0 Å². The molecule has 4 nitrogen and oxygen atoms in total. The predicted octanol–water partition coefficient (Wildman–Crippen LogP) is 3.49. The summed E-state index contributed by atoms with van der Waals surface area (Å²) in [5, 5.41) is 4.28. The van der Waals surface area contributed by atoms with Gasteiger partial charge in [0.15, 0.2) is 5.11 Å². The second kappa shape index (κ2) is 6.48. The Bertz CT molecular complexity index is 637. The van der Waals surface area contributed by atoms with Gasteiger partial charge in [-0.15, -0.1) is 0 Å². The Morgan fingerprint density at radius 2 is 2.14 bits per heavy atom. The van der Waals surface area contributed by atoms with E-state index in [9.17, 15) is 0 Å². The standard InChI is InChI=1S/C17H22N4S/c1-3-4-11-21-16(14-9-8-12(2)19-14)15(20-17(21)22)13-7-5-6-10-18-13/h5-10,15-16,19H,3-4,11H2,1-2H3,(H,20,22). The van der Waals surface area contributed by atoms with Gasteiger partial charge < -0.3 is 15.2 Å². The molecular formula is C17H22N4S. The van der Waals surface area contributed by atoms with E-state index >= 15 is 0 Å². The molecule has 1 saturated heterocycles. The van der Waals surface area contributed by atoms with E-state index in [1.807, 2.05) is 18.3 Å². The number of aryl methyl sites for hydroxylation is 1. The minimum absolute atomic E-state index is 0.0867. The Morgan fingerprint density at radius 1 is 1.27 bits per heavy atom. The minimum atomic E-state index is 0.0867. The van der Waals surface area contributed by atoms with Crippen molar-refractivity contribution < 1.29 is 0 Å². The topological polar surface area (TPSA) is 44.0 Å². The molecule has 2 unspecified atom stereocenters. The van der Waals surface area contributed by atoms with Gasteiger partial charge in [-0.1, -0.05) is 19.4 Å². The van der Waals surface area contributed by atoms with E-state index in [-0.39, 0.29) is 12.1 Å². The van der Waals surface area contributed by atoms with E-state index in [0.717, 1.165) is 30.2 Å². The van der Waals surface area contributed by atoms with Gasteiger partial charge in [0.1, 0.15) is 0 Å². The average Bonchev–Trinajstić information content (AvgIpc) is 3.09. The van der Waals surface area contributed by atoms with Crippen LogP contribution in [0.15, 0.2) is 36.5 Å². The maximum atomic E-state index is 5.59. The number of rotatable bonds is 5. The number of hydrogen-bond acceptors (Lipinski definition) is 2. The van der Waals surface area contributed by atoms with Crippen LogP contribution in [0.4, 0.5) is 0 Å². The van der Waals surface area contributed by atoms with Crippen molar-refractivity contribution in [2.24, 2.45) is 0 Å². The second-order valence-corrected chi connectivity index (χ2v) is 6.16. The van der Waals surface area contributed by atoms with Crippen LogP contribution in [0.2, 0.25) is 0 Å². The van der Waals surface area contributed by atoms with Crippen molar-refractivity contribution in [1.29, 1.82) is 0 Å². The van der Waals surface area contributed by atoms with Crippen molar-refractivity contribution in [2.45, 2.75) is 38.8 Å². The van der Waals surface area contributed by atoms with E-state index in [0.29, 0.717) is 0 Å². The lowest BCUT2D eigenvalue weighted by atomic mass is 10.0. The third-order valence-electron chi connectivity index (χ3n) is 4.12. The van der Waals surface area contributed by atoms with Crippen LogP contribution < -0.4 is 5.32 Å². The lowest BCUT2D eigenvalue weighted by molar-refractivity contribution is 0.307. The molecule has 1 fully saturated rings. The summed E-state index contributed by atoms with van der Waals surface area (Å²) in [6.07, 6.45) is 4.13. The molecule has 116 valence electrons. The Morgan fingerprint density at radius 3 is 2.77 bits per heavy atom. The molecule has 1 aliphatic rings. The Balaban J connectivity index is 1.96. The molecule has 3 heterocycles. The zero-order valence-electron chi connectivity index (χ0n) is 13.0. The van der Waals surface area contributed by atoms with Crippen LogP contribution in [0.3, 0.4) is 0 Å². The number of thiocarbonyl (C=S) groups is 1. The van der Waals surface area contributed by atoms with E-state index in [1.165, 1.54) is 11.4 Å². The summed E-state index contributed by atoms with van der Waals surface area (Å²) in [4.78, 5) is 10.3. The van der Waals surface area contributed by atoms with Crippen LogP contribution >= 0.6 is 12.2 Å². The molecule has 2 N–H and O–H groups in total. The van der Waals surface area contributed by atoms with Crippen molar-refractivity contribution in [3.05, 3.63) is 53.6 Å². The minimum Gasteiger partial charge on any atom is -0.361 e. The number of nitrogens with one attached hydrogen (secondary N) is 2. The van der Waals surface area contributed by atoms with Gasteiger partial charge in [-0.05, 0) is 49.8 Å². The average molecular weight is 314 g/mol. The summed E-state index contributed by atoms with van der Waals surface area (Å²) in [5.41, 5.74) is 3.39. The number of unbranched alkanes of at least 4 members (excludes halogenated alkanes) is 1. The van der Waals surface area contributed by atoms with Crippen LogP contribution in [0.5, 0.6) is 0 Å². The maximum Gasteiger partial charge on any atom is 0.170 e. The first-order chi connectivity index (χ1) is 10.7. The van der Waals surface area contributed by atoms with Gasteiger partial charge in [0, 0.05) is 24.1 Å². The predicted molar refractivity (Wildman–Crippen MR) is 92.6 cm³/mol. The number of H-pyrrole nitrogens is 1. The SMILES string of the molecule is CCCCN1C(=S)NC(c2ccccn2)C1c1ccc(C)[nH]1. The summed E-state index contributed by atoms with van der Waals surface area (Å²) in [6.45, 7) is 5.25. The van der Waals surface area contributed by atoms with Crippen molar-refractivity contribution in [1.82, 2.24) is 20.2 Å².